The molecule has 0 aliphatic heterocycles. The summed E-state index contributed by atoms with van der Waals surface area (Å²) in [5.74, 6) is -1.48. The number of hydrogen-bond acceptors (Lipinski definition) is 1. The average Bonchev–Trinajstić information content (AvgIpc) is 2.65. The van der Waals surface area contributed by atoms with Crippen molar-refractivity contribution in [1.82, 2.24) is 0 Å². The lowest BCUT2D eigenvalue weighted by Gasteiger charge is -2.22. The Morgan fingerprint density at radius 1 is 1.07 bits per heavy atom. The Morgan fingerprint density at radius 2 is 1.75 bits per heavy atom. The summed E-state index contributed by atoms with van der Waals surface area (Å²) in [5.41, 5.74) is 5.79. The van der Waals surface area contributed by atoms with Gasteiger partial charge in [-0.3, -0.25) is 0 Å². The van der Waals surface area contributed by atoms with Crippen LogP contribution in [0.3, 0.4) is 0 Å². The molecule has 0 radical (unpaired) electrons. The van der Waals surface area contributed by atoms with Crippen LogP contribution in [0.15, 0.2) is 29.8 Å². The van der Waals surface area contributed by atoms with Crippen molar-refractivity contribution in [2.45, 2.75) is 73.1 Å². The van der Waals surface area contributed by atoms with Gasteiger partial charge in [0, 0.05) is 11.5 Å². The van der Waals surface area contributed by atoms with Crippen molar-refractivity contribution in [2.24, 2.45) is 0 Å². The molecule has 2 aromatic carbocycles. The third-order valence-electron chi connectivity index (χ3n) is 5.73. The molecule has 0 heterocycles. The first-order valence-electron chi connectivity index (χ1n) is 10.2. The molecule has 1 unspecified atom stereocenters. The third-order valence-corrected chi connectivity index (χ3v) is 5.73. The van der Waals surface area contributed by atoms with Crippen molar-refractivity contribution in [3.05, 3.63) is 69.3 Å². The van der Waals surface area contributed by atoms with Crippen molar-refractivity contribution in [1.29, 1.82) is 0 Å². The zero-order valence-corrected chi connectivity index (χ0v) is 17.9. The number of aryl methyl sites for hydroxylation is 2. The normalized spacial score (nSPS) is 13.4. The summed E-state index contributed by atoms with van der Waals surface area (Å²) in [5, 5.41) is 10.5. The summed E-state index contributed by atoms with van der Waals surface area (Å²) in [6.45, 7) is 11.6. The summed E-state index contributed by atoms with van der Waals surface area (Å²) in [6, 6.07) is 7.21. The van der Waals surface area contributed by atoms with Crippen LogP contribution in [-0.2, 0) is 6.42 Å². The standard InChI is InChI=1S/C25H32F2O/c1-7-9-10-20(22-13-15(3)14-23(28)19(22)8-2)17(5)18(6)21-12-11-16(4)24(26)25(21)27/h11-14,18,28H,7-10H2,1-6H3/b20-17+. The maximum absolute atomic E-state index is 14.6. The van der Waals surface area contributed by atoms with Crippen LogP contribution >= 0.6 is 0 Å². The largest absolute Gasteiger partial charge is 0.508 e. The molecule has 2 aromatic rings. The Hall–Kier alpha value is -2.16. The Balaban J connectivity index is 2.67. The summed E-state index contributed by atoms with van der Waals surface area (Å²) < 4.78 is 28.8. The number of benzene rings is 2. The zero-order valence-electron chi connectivity index (χ0n) is 17.9. The number of halogens is 2. The van der Waals surface area contributed by atoms with Crippen molar-refractivity contribution in [2.75, 3.05) is 0 Å². The second-order valence-corrected chi connectivity index (χ2v) is 7.75. The molecule has 0 spiro atoms. The summed E-state index contributed by atoms with van der Waals surface area (Å²) in [4.78, 5) is 0. The van der Waals surface area contributed by atoms with E-state index in [4.69, 9.17) is 0 Å². The highest BCUT2D eigenvalue weighted by molar-refractivity contribution is 5.74. The number of allylic oxidation sites excluding steroid dienone is 2. The predicted molar refractivity (Wildman–Crippen MR) is 114 cm³/mol. The Morgan fingerprint density at radius 3 is 2.36 bits per heavy atom. The van der Waals surface area contributed by atoms with E-state index in [-0.39, 0.29) is 5.92 Å². The van der Waals surface area contributed by atoms with E-state index in [0.717, 1.165) is 47.1 Å². The van der Waals surface area contributed by atoms with Crippen LogP contribution in [0.5, 0.6) is 5.75 Å². The fraction of sp³-hybridized carbons (Fsp3) is 0.440. The highest BCUT2D eigenvalue weighted by Gasteiger charge is 2.21. The van der Waals surface area contributed by atoms with Gasteiger partial charge in [0.1, 0.15) is 5.75 Å². The lowest BCUT2D eigenvalue weighted by molar-refractivity contribution is 0.468. The quantitative estimate of drug-likeness (QED) is 0.519. The minimum atomic E-state index is -0.769. The van der Waals surface area contributed by atoms with E-state index in [1.165, 1.54) is 0 Å². The van der Waals surface area contributed by atoms with Gasteiger partial charge in [-0.25, -0.2) is 8.78 Å². The molecule has 0 aromatic heterocycles. The van der Waals surface area contributed by atoms with Crippen LogP contribution in [0.4, 0.5) is 8.78 Å². The molecule has 0 bridgehead atoms. The lowest BCUT2D eigenvalue weighted by Crippen LogP contribution is -2.06. The SMILES string of the molecule is CCCC/C(=C(/C)C(C)c1ccc(C)c(F)c1F)c1cc(C)cc(O)c1CC. The molecule has 1 atom stereocenters. The molecule has 1 nitrogen and oxygen atoms in total. The number of hydrogen-bond donors (Lipinski definition) is 1. The van der Waals surface area contributed by atoms with Crippen LogP contribution in [0.2, 0.25) is 0 Å². The minimum Gasteiger partial charge on any atom is -0.508 e. The first-order chi connectivity index (χ1) is 13.2. The maximum atomic E-state index is 14.6. The van der Waals surface area contributed by atoms with Gasteiger partial charge in [0.05, 0.1) is 0 Å². The first kappa shape index (κ1) is 22.1. The Kier molecular flexibility index (Phi) is 7.40. The first-order valence-corrected chi connectivity index (χ1v) is 10.2. The molecule has 0 aliphatic carbocycles. The van der Waals surface area contributed by atoms with Crippen molar-refractivity contribution < 1.29 is 13.9 Å². The van der Waals surface area contributed by atoms with Crippen LogP contribution in [0.25, 0.3) is 5.57 Å². The van der Waals surface area contributed by atoms with Crippen LogP contribution in [0, 0.1) is 25.5 Å². The number of phenolic OH excluding ortho intramolecular Hbond substituents is 1. The zero-order chi connectivity index (χ0) is 21.0. The van der Waals surface area contributed by atoms with Gasteiger partial charge in [0.25, 0.3) is 0 Å². The summed E-state index contributed by atoms with van der Waals surface area (Å²) in [7, 11) is 0. The molecule has 0 saturated carbocycles. The minimum absolute atomic E-state index is 0.255. The molecule has 0 amide bonds. The van der Waals surface area contributed by atoms with Crippen LogP contribution in [-0.4, -0.2) is 5.11 Å². The molecule has 0 aliphatic rings. The highest BCUT2D eigenvalue weighted by atomic mass is 19.2. The van der Waals surface area contributed by atoms with Gasteiger partial charge < -0.3 is 5.11 Å². The molecular weight excluding hydrogens is 354 g/mol. The third kappa shape index (κ3) is 4.45. The average molecular weight is 387 g/mol. The van der Waals surface area contributed by atoms with E-state index in [1.807, 2.05) is 27.7 Å². The van der Waals surface area contributed by atoms with E-state index in [1.54, 1.807) is 25.1 Å². The molecule has 0 fully saturated rings. The van der Waals surface area contributed by atoms with Gasteiger partial charge in [0.2, 0.25) is 0 Å². The number of unbranched alkanes of at least 4 members (excludes halogenated alkanes) is 1. The number of phenols is 1. The smallest absolute Gasteiger partial charge is 0.162 e. The second-order valence-electron chi connectivity index (χ2n) is 7.75. The monoisotopic (exact) mass is 386 g/mol. The van der Waals surface area contributed by atoms with Gasteiger partial charge in [-0.15, -0.1) is 0 Å². The van der Waals surface area contributed by atoms with E-state index in [9.17, 15) is 13.9 Å². The fourth-order valence-corrected chi connectivity index (χ4v) is 3.83. The predicted octanol–water partition coefficient (Wildman–Crippen LogP) is 7.62. The molecular formula is C25H32F2O. The molecule has 0 saturated heterocycles. The van der Waals surface area contributed by atoms with E-state index in [0.29, 0.717) is 23.3 Å². The van der Waals surface area contributed by atoms with Gasteiger partial charge in [-0.2, -0.15) is 0 Å². The van der Waals surface area contributed by atoms with Gasteiger partial charge in [0.15, 0.2) is 11.6 Å². The highest BCUT2D eigenvalue weighted by Crippen LogP contribution is 2.38. The molecule has 1 N–H and O–H groups in total. The topological polar surface area (TPSA) is 20.2 Å². The van der Waals surface area contributed by atoms with Crippen molar-refractivity contribution in [3.63, 3.8) is 0 Å². The lowest BCUT2D eigenvalue weighted by atomic mass is 9.83. The molecule has 3 heteroatoms. The molecule has 152 valence electrons. The van der Waals surface area contributed by atoms with Crippen molar-refractivity contribution in [3.8, 4) is 5.75 Å². The second kappa shape index (κ2) is 9.36. The molecule has 28 heavy (non-hydrogen) atoms. The summed E-state index contributed by atoms with van der Waals surface area (Å²) >= 11 is 0. The van der Waals surface area contributed by atoms with Crippen molar-refractivity contribution >= 4 is 5.57 Å². The van der Waals surface area contributed by atoms with Gasteiger partial charge >= 0.3 is 0 Å². The Labute approximate surface area is 168 Å². The Bertz CT molecular complexity index is 881. The molecule has 2 rings (SSSR count). The fourth-order valence-electron chi connectivity index (χ4n) is 3.83. The van der Waals surface area contributed by atoms with Gasteiger partial charge in [-0.1, -0.05) is 51.0 Å². The van der Waals surface area contributed by atoms with Crippen LogP contribution < -0.4 is 0 Å². The summed E-state index contributed by atoms with van der Waals surface area (Å²) in [6.07, 6.45) is 3.60. The van der Waals surface area contributed by atoms with E-state index < -0.39 is 11.6 Å². The van der Waals surface area contributed by atoms with Gasteiger partial charge in [-0.05, 0) is 73.9 Å². The number of aromatic hydroxyl groups is 1. The van der Waals surface area contributed by atoms with E-state index >= 15 is 0 Å². The maximum Gasteiger partial charge on any atom is 0.162 e. The number of rotatable bonds is 7. The van der Waals surface area contributed by atoms with Crippen LogP contribution in [0.1, 0.15) is 80.7 Å². The van der Waals surface area contributed by atoms with E-state index in [2.05, 4.69) is 13.0 Å².